The maximum atomic E-state index is 12.7. The van der Waals surface area contributed by atoms with Gasteiger partial charge < -0.3 is 39.1 Å². The van der Waals surface area contributed by atoms with E-state index in [9.17, 15) is 19.2 Å². The van der Waals surface area contributed by atoms with Gasteiger partial charge in [0.15, 0.2) is 0 Å². The molecular weight excluding hydrogens is 548 g/mol. The number of hydrogen-bond acceptors (Lipinski definition) is 10. The summed E-state index contributed by atoms with van der Waals surface area (Å²) >= 11 is 0. The van der Waals surface area contributed by atoms with Crippen LogP contribution in [0.1, 0.15) is 13.8 Å². The van der Waals surface area contributed by atoms with Crippen molar-refractivity contribution in [3.63, 3.8) is 0 Å². The molecule has 0 bridgehead atoms. The Labute approximate surface area is 242 Å². The summed E-state index contributed by atoms with van der Waals surface area (Å²) in [4.78, 5) is 47.8. The number of carbonyl (C=O) groups excluding carboxylic acids is 4. The van der Waals surface area contributed by atoms with Crippen LogP contribution in [0, 0.1) is 0 Å². The number of ether oxygens (including phenoxy) is 6. The Bertz CT molecular complexity index is 1290. The van der Waals surface area contributed by atoms with Crippen molar-refractivity contribution in [1.82, 2.24) is 10.6 Å². The van der Waals surface area contributed by atoms with Crippen LogP contribution in [0.15, 0.2) is 73.8 Å². The standard InChI is InChI=1S/C30H32N2O10/c1-5-25(33)39-19(3)37-17-15-31-29(35)41-27-21-11-7-9-13-23(21)28(24-14-10-8-12-22(24)27)42-30(36)32-16-18-38-20(4)40-26(34)6-2/h5-14,19-20H,1-2,15-18H2,3-4H3,(H,31,35)(H,32,36). The smallest absolute Gasteiger partial charge is 0.412 e. The number of benzene rings is 3. The monoisotopic (exact) mass is 580 g/mol. The van der Waals surface area contributed by atoms with Gasteiger partial charge in [-0.05, 0) is 13.8 Å². The van der Waals surface area contributed by atoms with Crippen molar-refractivity contribution in [3.8, 4) is 11.5 Å². The zero-order valence-electron chi connectivity index (χ0n) is 23.3. The van der Waals surface area contributed by atoms with E-state index in [-0.39, 0.29) is 37.8 Å². The van der Waals surface area contributed by atoms with E-state index in [4.69, 9.17) is 28.4 Å². The Kier molecular flexibility index (Phi) is 11.8. The molecule has 42 heavy (non-hydrogen) atoms. The second kappa shape index (κ2) is 15.7. The highest BCUT2D eigenvalue weighted by atomic mass is 16.7. The van der Waals surface area contributed by atoms with Crippen molar-refractivity contribution in [2.75, 3.05) is 26.3 Å². The summed E-state index contributed by atoms with van der Waals surface area (Å²) in [6.07, 6.45) is -1.05. The third-order valence-electron chi connectivity index (χ3n) is 5.57. The van der Waals surface area contributed by atoms with Crippen LogP contribution in [0.3, 0.4) is 0 Å². The van der Waals surface area contributed by atoms with E-state index in [2.05, 4.69) is 23.8 Å². The number of nitrogens with one attached hydrogen (secondary N) is 2. The highest BCUT2D eigenvalue weighted by Crippen LogP contribution is 2.42. The lowest BCUT2D eigenvalue weighted by molar-refractivity contribution is -0.169. The van der Waals surface area contributed by atoms with E-state index >= 15 is 0 Å². The molecule has 3 aromatic carbocycles. The normalized spacial score (nSPS) is 12.0. The number of amides is 2. The molecule has 0 radical (unpaired) electrons. The van der Waals surface area contributed by atoms with Gasteiger partial charge in [-0.3, -0.25) is 0 Å². The third kappa shape index (κ3) is 9.04. The van der Waals surface area contributed by atoms with Crippen molar-refractivity contribution in [3.05, 3.63) is 73.8 Å². The van der Waals surface area contributed by atoms with Crippen LogP contribution in [0.2, 0.25) is 0 Å². The van der Waals surface area contributed by atoms with Crippen LogP contribution < -0.4 is 20.1 Å². The zero-order valence-corrected chi connectivity index (χ0v) is 23.3. The molecule has 222 valence electrons. The lowest BCUT2D eigenvalue weighted by atomic mass is 10.0. The highest BCUT2D eigenvalue weighted by molar-refractivity contribution is 6.12. The van der Waals surface area contributed by atoms with E-state index in [1.807, 2.05) is 0 Å². The maximum absolute atomic E-state index is 12.7. The van der Waals surface area contributed by atoms with Crippen molar-refractivity contribution in [2.24, 2.45) is 0 Å². The molecule has 0 spiro atoms. The maximum Gasteiger partial charge on any atom is 0.412 e. The van der Waals surface area contributed by atoms with E-state index in [0.29, 0.717) is 21.5 Å². The average Bonchev–Trinajstić information content (AvgIpc) is 2.98. The topological polar surface area (TPSA) is 148 Å². The van der Waals surface area contributed by atoms with Gasteiger partial charge in [0.25, 0.3) is 0 Å². The van der Waals surface area contributed by atoms with Gasteiger partial charge in [-0.25, -0.2) is 19.2 Å². The number of rotatable bonds is 14. The summed E-state index contributed by atoms with van der Waals surface area (Å²) in [5.41, 5.74) is 0. The molecule has 12 nitrogen and oxygen atoms in total. The Balaban J connectivity index is 1.68. The number of fused-ring (bicyclic) bond motifs is 2. The number of hydrogen-bond donors (Lipinski definition) is 2. The van der Waals surface area contributed by atoms with Crippen LogP contribution in [0.5, 0.6) is 11.5 Å². The molecule has 2 atom stereocenters. The second-order valence-corrected chi connectivity index (χ2v) is 8.54. The summed E-state index contributed by atoms with van der Waals surface area (Å²) in [6, 6.07) is 14.0. The lowest BCUT2D eigenvalue weighted by Gasteiger charge is -2.17. The Hall–Kier alpha value is -4.94. The first-order valence-electron chi connectivity index (χ1n) is 13.0. The molecule has 3 aromatic rings. The Morgan fingerprint density at radius 3 is 1.31 bits per heavy atom. The van der Waals surface area contributed by atoms with Gasteiger partial charge in [0.2, 0.25) is 12.6 Å². The van der Waals surface area contributed by atoms with Crippen LogP contribution in [0.25, 0.3) is 21.5 Å². The fourth-order valence-corrected chi connectivity index (χ4v) is 3.77. The molecule has 0 saturated carbocycles. The second-order valence-electron chi connectivity index (χ2n) is 8.54. The summed E-state index contributed by atoms with van der Waals surface area (Å²) in [6.45, 7) is 10.0. The van der Waals surface area contributed by atoms with Crippen molar-refractivity contribution >= 4 is 45.7 Å². The molecule has 2 N–H and O–H groups in total. The SMILES string of the molecule is C=CC(=O)OC(C)OCCNC(=O)Oc1c2ccccc2c(OC(=O)NCCOC(C)OC(=O)C=C)c2ccccc12. The molecule has 0 fully saturated rings. The van der Waals surface area contributed by atoms with Gasteiger partial charge >= 0.3 is 24.1 Å². The van der Waals surface area contributed by atoms with Gasteiger partial charge in [0, 0.05) is 46.8 Å². The number of esters is 2. The van der Waals surface area contributed by atoms with Gasteiger partial charge in [0.1, 0.15) is 11.5 Å². The third-order valence-corrected chi connectivity index (χ3v) is 5.57. The van der Waals surface area contributed by atoms with Crippen LogP contribution in [-0.2, 0) is 28.5 Å². The number of carbonyl (C=O) groups is 4. The molecule has 0 saturated heterocycles. The molecule has 3 rings (SSSR count). The van der Waals surface area contributed by atoms with Crippen LogP contribution >= 0.6 is 0 Å². The molecule has 2 unspecified atom stereocenters. The molecule has 0 heterocycles. The molecule has 12 heteroatoms. The predicted octanol–water partition coefficient (Wildman–Crippen LogP) is 4.35. The molecule has 0 aliphatic heterocycles. The van der Waals surface area contributed by atoms with Gasteiger partial charge in [-0.1, -0.05) is 61.7 Å². The quantitative estimate of drug-likeness (QED) is 0.0927. The molecule has 2 amide bonds. The highest BCUT2D eigenvalue weighted by Gasteiger charge is 2.20. The molecule has 0 aliphatic rings. The van der Waals surface area contributed by atoms with Crippen LogP contribution in [0.4, 0.5) is 9.59 Å². The fraction of sp³-hybridized carbons (Fsp3) is 0.267. The van der Waals surface area contributed by atoms with Crippen molar-refractivity contribution in [2.45, 2.75) is 26.4 Å². The Morgan fingerprint density at radius 1 is 0.667 bits per heavy atom. The predicted molar refractivity (Wildman–Crippen MR) is 153 cm³/mol. The Morgan fingerprint density at radius 2 is 1.00 bits per heavy atom. The molecule has 0 aliphatic carbocycles. The minimum absolute atomic E-state index is 0.0635. The summed E-state index contributed by atoms with van der Waals surface area (Å²) < 4.78 is 31.9. The lowest BCUT2D eigenvalue weighted by Crippen LogP contribution is -2.32. The summed E-state index contributed by atoms with van der Waals surface area (Å²) in [5.74, 6) is -0.689. The largest absolute Gasteiger partial charge is 0.433 e. The van der Waals surface area contributed by atoms with E-state index in [1.54, 1.807) is 62.4 Å². The van der Waals surface area contributed by atoms with E-state index in [0.717, 1.165) is 12.2 Å². The first-order valence-corrected chi connectivity index (χ1v) is 13.0. The van der Waals surface area contributed by atoms with E-state index < -0.39 is 36.7 Å². The van der Waals surface area contributed by atoms with Crippen molar-refractivity contribution in [1.29, 1.82) is 0 Å². The molecule has 0 aromatic heterocycles. The van der Waals surface area contributed by atoms with Crippen molar-refractivity contribution < 1.29 is 47.6 Å². The zero-order chi connectivity index (χ0) is 30.5. The van der Waals surface area contributed by atoms with Gasteiger partial charge in [0.05, 0.1) is 13.2 Å². The first-order chi connectivity index (χ1) is 20.2. The fourth-order valence-electron chi connectivity index (χ4n) is 3.77. The minimum atomic E-state index is -0.816. The minimum Gasteiger partial charge on any atom is -0.433 e. The summed E-state index contributed by atoms with van der Waals surface area (Å²) in [5, 5.41) is 7.34. The van der Waals surface area contributed by atoms with E-state index in [1.165, 1.54) is 0 Å². The van der Waals surface area contributed by atoms with Gasteiger partial charge in [-0.2, -0.15) is 0 Å². The first kappa shape index (κ1) is 31.6. The summed E-state index contributed by atoms with van der Waals surface area (Å²) in [7, 11) is 0. The van der Waals surface area contributed by atoms with Crippen LogP contribution in [-0.4, -0.2) is 63.0 Å². The van der Waals surface area contributed by atoms with Gasteiger partial charge in [-0.15, -0.1) is 0 Å². The molecular formula is C30H32N2O10. The average molecular weight is 581 g/mol.